The van der Waals surface area contributed by atoms with Crippen LogP contribution in [-0.2, 0) is 5.41 Å². The quantitative estimate of drug-likeness (QED) is 0.469. The molecule has 0 saturated carbocycles. The van der Waals surface area contributed by atoms with E-state index in [1.54, 1.807) is 0 Å². The Balaban J connectivity index is 0.00000392. The number of halogens is 1. The van der Waals surface area contributed by atoms with Crippen LogP contribution >= 0.6 is 12.4 Å². The first kappa shape index (κ1) is 24.3. The Morgan fingerprint density at radius 2 is 1.57 bits per heavy atom. The summed E-state index contributed by atoms with van der Waals surface area (Å²) in [6, 6.07) is 8.47. The molecule has 1 unspecified atom stereocenters. The van der Waals surface area contributed by atoms with Gasteiger partial charge in [0.15, 0.2) is 5.96 Å². The summed E-state index contributed by atoms with van der Waals surface area (Å²) in [7, 11) is 0. The van der Waals surface area contributed by atoms with Crippen molar-refractivity contribution >= 4 is 30.0 Å². The van der Waals surface area contributed by atoms with Crippen molar-refractivity contribution in [3.05, 3.63) is 29.8 Å². The first-order valence-electron chi connectivity index (χ1n) is 10.4. The fraction of sp³-hybridized carbons (Fsp3) is 0.636. The Morgan fingerprint density at radius 3 is 2.18 bits per heavy atom. The Hall–Kier alpha value is -1.75. The number of aliphatic imine (C=N–C) groups is 2. The minimum atomic E-state index is -0.0850. The van der Waals surface area contributed by atoms with E-state index in [1.165, 1.54) is 44.1 Å². The Labute approximate surface area is 177 Å². The third kappa shape index (κ3) is 8.51. The van der Waals surface area contributed by atoms with E-state index in [9.17, 15) is 0 Å². The lowest BCUT2D eigenvalue weighted by Crippen LogP contribution is -2.45. The molecule has 2 rings (SSSR count). The number of guanidine groups is 2. The molecule has 0 radical (unpaired) electrons. The molecule has 0 bridgehead atoms. The van der Waals surface area contributed by atoms with Gasteiger partial charge in [0, 0.05) is 5.69 Å². The van der Waals surface area contributed by atoms with E-state index in [2.05, 4.69) is 72.6 Å². The Bertz CT molecular complexity index is 631. The number of hydrogen-bond donors (Lipinski definition) is 3. The maximum absolute atomic E-state index is 5.95. The van der Waals surface area contributed by atoms with Crippen molar-refractivity contribution in [2.24, 2.45) is 15.7 Å². The van der Waals surface area contributed by atoms with E-state index in [-0.39, 0.29) is 24.0 Å². The molecule has 1 atom stereocenters. The predicted molar refractivity (Wildman–Crippen MR) is 125 cm³/mol. The van der Waals surface area contributed by atoms with Gasteiger partial charge in [-0.15, -0.1) is 12.4 Å². The zero-order chi connectivity index (χ0) is 19.7. The van der Waals surface area contributed by atoms with Gasteiger partial charge in [-0.25, -0.2) is 9.98 Å². The van der Waals surface area contributed by atoms with Crippen LogP contribution in [-0.4, -0.2) is 18.1 Å². The summed E-state index contributed by atoms with van der Waals surface area (Å²) in [6.07, 6.45) is 9.90. The molecule has 0 saturated heterocycles. The standard InChI is InChI=1S/C22H37N5.ClH/c1-5-6-7-8-9-10-11-12-19-25-20(23)27-21(26-19)24-18-15-13-17(14-16-18)22(2,3)4;/h13-16,19H,5-12H2,1-4H3,(H4,23,24,25,26,27);1H. The number of nitrogens with zero attached hydrogens (tertiary/aromatic N) is 2. The first-order chi connectivity index (χ1) is 12.9. The number of hydrogen-bond acceptors (Lipinski definition) is 5. The lowest BCUT2D eigenvalue weighted by molar-refractivity contribution is 0.536. The van der Waals surface area contributed by atoms with Crippen molar-refractivity contribution in [2.75, 3.05) is 5.32 Å². The first-order valence-corrected chi connectivity index (χ1v) is 10.4. The third-order valence-corrected chi connectivity index (χ3v) is 4.89. The zero-order valence-electron chi connectivity index (χ0n) is 17.9. The topological polar surface area (TPSA) is 74.8 Å². The number of unbranched alkanes of at least 4 members (excludes halogenated alkanes) is 6. The molecule has 0 fully saturated rings. The number of anilines is 1. The minimum absolute atomic E-state index is 0. The van der Waals surface area contributed by atoms with Gasteiger partial charge in [0.1, 0.15) is 6.17 Å². The van der Waals surface area contributed by atoms with Gasteiger partial charge in [0.05, 0.1) is 0 Å². The molecule has 0 aromatic heterocycles. The minimum Gasteiger partial charge on any atom is -0.370 e. The molecular weight excluding hydrogens is 370 g/mol. The van der Waals surface area contributed by atoms with E-state index >= 15 is 0 Å². The molecule has 1 aliphatic heterocycles. The second kappa shape index (κ2) is 11.9. The monoisotopic (exact) mass is 407 g/mol. The highest BCUT2D eigenvalue weighted by Crippen LogP contribution is 2.23. The maximum atomic E-state index is 5.95. The second-order valence-electron chi connectivity index (χ2n) is 8.46. The normalized spacial score (nSPS) is 16.5. The van der Waals surface area contributed by atoms with Gasteiger partial charge < -0.3 is 11.1 Å². The summed E-state index contributed by atoms with van der Waals surface area (Å²) < 4.78 is 0. The van der Waals surface area contributed by atoms with Crippen LogP contribution in [0.4, 0.5) is 5.69 Å². The van der Waals surface area contributed by atoms with Crippen LogP contribution in [0.15, 0.2) is 34.3 Å². The van der Waals surface area contributed by atoms with Gasteiger partial charge in [-0.3, -0.25) is 5.32 Å². The molecule has 0 spiro atoms. The predicted octanol–water partition coefficient (Wildman–Crippen LogP) is 5.56. The Kier molecular flexibility index (Phi) is 10.4. The summed E-state index contributed by atoms with van der Waals surface area (Å²) in [5.41, 5.74) is 8.41. The number of benzene rings is 1. The van der Waals surface area contributed by atoms with Crippen LogP contribution in [0.3, 0.4) is 0 Å². The fourth-order valence-corrected chi connectivity index (χ4v) is 3.19. The summed E-state index contributed by atoms with van der Waals surface area (Å²) in [5, 5.41) is 6.35. The van der Waals surface area contributed by atoms with Crippen LogP contribution < -0.4 is 16.4 Å². The average molecular weight is 408 g/mol. The van der Waals surface area contributed by atoms with Crippen molar-refractivity contribution in [1.82, 2.24) is 5.32 Å². The fourth-order valence-electron chi connectivity index (χ4n) is 3.19. The molecule has 1 heterocycles. The molecule has 1 aliphatic rings. The SMILES string of the molecule is CCCCCCCCCC1N=C(N)NC(Nc2ccc(C(C)(C)C)cc2)=N1.Cl. The zero-order valence-corrected chi connectivity index (χ0v) is 18.7. The highest BCUT2D eigenvalue weighted by molar-refractivity contribution is 6.05. The third-order valence-electron chi connectivity index (χ3n) is 4.89. The Morgan fingerprint density at radius 1 is 0.964 bits per heavy atom. The highest BCUT2D eigenvalue weighted by atomic mass is 35.5. The van der Waals surface area contributed by atoms with Crippen molar-refractivity contribution in [3.63, 3.8) is 0 Å². The van der Waals surface area contributed by atoms with Crippen LogP contribution in [0.2, 0.25) is 0 Å². The summed E-state index contributed by atoms with van der Waals surface area (Å²) >= 11 is 0. The van der Waals surface area contributed by atoms with Crippen molar-refractivity contribution in [1.29, 1.82) is 0 Å². The van der Waals surface area contributed by atoms with Crippen LogP contribution in [0.25, 0.3) is 0 Å². The molecule has 1 aromatic rings. The van der Waals surface area contributed by atoms with E-state index in [1.807, 2.05) is 0 Å². The van der Waals surface area contributed by atoms with Gasteiger partial charge >= 0.3 is 0 Å². The molecule has 158 valence electrons. The molecule has 0 aliphatic carbocycles. The van der Waals surface area contributed by atoms with E-state index < -0.39 is 0 Å². The van der Waals surface area contributed by atoms with E-state index in [0.717, 1.165) is 18.5 Å². The number of nitrogens with one attached hydrogen (secondary N) is 2. The molecule has 0 amide bonds. The smallest absolute Gasteiger partial charge is 0.204 e. The second-order valence-corrected chi connectivity index (χ2v) is 8.46. The van der Waals surface area contributed by atoms with Gasteiger partial charge in [-0.1, -0.05) is 78.4 Å². The van der Waals surface area contributed by atoms with Crippen LogP contribution in [0, 0.1) is 0 Å². The van der Waals surface area contributed by atoms with E-state index in [4.69, 9.17) is 5.73 Å². The highest BCUT2D eigenvalue weighted by Gasteiger charge is 2.16. The molecule has 5 nitrogen and oxygen atoms in total. The van der Waals surface area contributed by atoms with Crippen LogP contribution in [0.5, 0.6) is 0 Å². The molecular formula is C22H38ClN5. The molecule has 28 heavy (non-hydrogen) atoms. The van der Waals surface area contributed by atoms with Crippen molar-refractivity contribution in [3.8, 4) is 0 Å². The van der Waals surface area contributed by atoms with Crippen LogP contribution in [0.1, 0.15) is 84.6 Å². The van der Waals surface area contributed by atoms with Crippen molar-refractivity contribution in [2.45, 2.75) is 90.6 Å². The van der Waals surface area contributed by atoms with Crippen molar-refractivity contribution < 1.29 is 0 Å². The van der Waals surface area contributed by atoms with Gasteiger partial charge in [-0.2, -0.15) is 0 Å². The lowest BCUT2D eigenvalue weighted by atomic mass is 9.87. The summed E-state index contributed by atoms with van der Waals surface area (Å²) in [6.45, 7) is 8.90. The molecule has 6 heteroatoms. The molecule has 1 aromatic carbocycles. The summed E-state index contributed by atoms with van der Waals surface area (Å²) in [4.78, 5) is 9.10. The van der Waals surface area contributed by atoms with Gasteiger partial charge in [0.25, 0.3) is 0 Å². The van der Waals surface area contributed by atoms with Gasteiger partial charge in [0.2, 0.25) is 5.96 Å². The summed E-state index contributed by atoms with van der Waals surface area (Å²) in [5.74, 6) is 1.12. The maximum Gasteiger partial charge on any atom is 0.204 e. The van der Waals surface area contributed by atoms with Gasteiger partial charge in [-0.05, 0) is 36.0 Å². The lowest BCUT2D eigenvalue weighted by Gasteiger charge is -2.21. The number of nitrogens with two attached hydrogens (primary N) is 1. The largest absolute Gasteiger partial charge is 0.370 e. The average Bonchev–Trinajstić information content (AvgIpc) is 2.60. The molecule has 4 N–H and O–H groups in total. The van der Waals surface area contributed by atoms with E-state index in [0.29, 0.717) is 11.9 Å². The number of rotatable bonds is 9.